The van der Waals surface area contributed by atoms with Gasteiger partial charge in [-0.25, -0.2) is 0 Å². The van der Waals surface area contributed by atoms with Crippen LogP contribution >= 0.6 is 15.9 Å². The Morgan fingerprint density at radius 3 is 2.67 bits per heavy atom. The molecule has 1 fully saturated rings. The molecule has 0 saturated carbocycles. The van der Waals surface area contributed by atoms with Crippen LogP contribution in [-0.4, -0.2) is 25.0 Å². The Hall–Kier alpha value is -2.38. The van der Waals surface area contributed by atoms with Gasteiger partial charge in [0.1, 0.15) is 11.3 Å². The molecule has 0 radical (unpaired) electrons. The molecule has 6 nitrogen and oxygen atoms in total. The molecule has 30 heavy (non-hydrogen) atoms. The first-order valence-corrected chi connectivity index (χ1v) is 11.0. The third kappa shape index (κ3) is 3.61. The van der Waals surface area contributed by atoms with E-state index in [2.05, 4.69) is 45.7 Å². The van der Waals surface area contributed by atoms with Crippen molar-refractivity contribution < 1.29 is 14.3 Å². The van der Waals surface area contributed by atoms with Crippen molar-refractivity contribution >= 4 is 39.1 Å². The van der Waals surface area contributed by atoms with Gasteiger partial charge in [0, 0.05) is 27.5 Å². The Labute approximate surface area is 184 Å². The van der Waals surface area contributed by atoms with E-state index in [9.17, 15) is 9.59 Å². The van der Waals surface area contributed by atoms with Crippen molar-refractivity contribution in [1.82, 2.24) is 5.32 Å². The highest BCUT2D eigenvalue weighted by Crippen LogP contribution is 2.48. The molecule has 2 amide bonds. The van der Waals surface area contributed by atoms with Gasteiger partial charge in [0.15, 0.2) is 0 Å². The van der Waals surface area contributed by atoms with E-state index in [4.69, 9.17) is 4.74 Å². The number of halogens is 1. The van der Waals surface area contributed by atoms with Crippen molar-refractivity contribution in [3.8, 4) is 5.75 Å². The molecule has 2 aliphatic rings. The smallest absolute Gasteiger partial charge is 0.250 e. The summed E-state index contributed by atoms with van der Waals surface area (Å²) in [6.45, 7) is 4.30. The Kier molecular flexibility index (Phi) is 5.59. The van der Waals surface area contributed by atoms with Crippen molar-refractivity contribution in [3.05, 3.63) is 52.5 Å². The van der Waals surface area contributed by atoms with Crippen LogP contribution in [0, 0.1) is 11.8 Å². The zero-order valence-electron chi connectivity index (χ0n) is 17.3. The van der Waals surface area contributed by atoms with Crippen molar-refractivity contribution in [2.24, 2.45) is 11.8 Å². The molecule has 2 aromatic carbocycles. The number of hydrogen-bond acceptors (Lipinski definition) is 4. The van der Waals surface area contributed by atoms with Gasteiger partial charge in [-0.2, -0.15) is 0 Å². The number of carbonyl (C=O) groups is 2. The highest BCUT2D eigenvalue weighted by molar-refractivity contribution is 9.10. The molecule has 2 aliphatic heterocycles. The number of methoxy groups -OCH3 is 1. The maximum absolute atomic E-state index is 13.4. The molecule has 158 valence electrons. The van der Waals surface area contributed by atoms with Crippen molar-refractivity contribution in [1.29, 1.82) is 0 Å². The molecule has 0 aliphatic carbocycles. The molecule has 0 unspecified atom stereocenters. The summed E-state index contributed by atoms with van der Waals surface area (Å²) in [6.07, 6.45) is 1.49. The second-order valence-corrected chi connectivity index (χ2v) is 9.34. The molecule has 0 bridgehead atoms. The van der Waals surface area contributed by atoms with Crippen LogP contribution in [0.3, 0.4) is 0 Å². The molecule has 3 atom stereocenters. The number of rotatable bonds is 5. The Morgan fingerprint density at radius 1 is 1.27 bits per heavy atom. The van der Waals surface area contributed by atoms with Gasteiger partial charge in [-0.15, -0.1) is 0 Å². The van der Waals surface area contributed by atoms with Crippen molar-refractivity contribution in [3.63, 3.8) is 0 Å². The summed E-state index contributed by atoms with van der Waals surface area (Å²) in [6, 6.07) is 13.0. The summed E-state index contributed by atoms with van der Waals surface area (Å²) >= 11 is 3.52. The number of carbonyl (C=O) groups excluding carboxylic acids is 2. The topological polar surface area (TPSA) is 79.5 Å². The normalized spacial score (nSPS) is 24.8. The van der Waals surface area contributed by atoms with E-state index < -0.39 is 11.5 Å². The van der Waals surface area contributed by atoms with E-state index in [1.165, 1.54) is 0 Å². The number of anilines is 2. The minimum atomic E-state index is -1.07. The lowest BCUT2D eigenvalue weighted by Crippen LogP contribution is -2.52. The van der Waals surface area contributed by atoms with Gasteiger partial charge in [0.05, 0.1) is 13.0 Å². The van der Waals surface area contributed by atoms with Crippen LogP contribution in [0.1, 0.15) is 32.3 Å². The fraction of sp³-hybridized carbons (Fsp3) is 0.391. The minimum absolute atomic E-state index is 0.0762. The first-order chi connectivity index (χ1) is 14.3. The third-order valence-electron chi connectivity index (χ3n) is 5.92. The SMILES string of the molecule is COc1ccc(NC(=O)[C@@H]2C[C@H](CC(C)C)N[C@]23C(=O)Nc2ccc(Br)cc23)cc1. The molecule has 1 saturated heterocycles. The van der Waals surface area contributed by atoms with Crippen LogP contribution in [0.4, 0.5) is 11.4 Å². The molecule has 2 heterocycles. The maximum atomic E-state index is 13.4. The van der Waals surface area contributed by atoms with Crippen LogP contribution in [-0.2, 0) is 15.1 Å². The lowest BCUT2D eigenvalue weighted by atomic mass is 9.79. The van der Waals surface area contributed by atoms with Crippen LogP contribution in [0.15, 0.2) is 46.9 Å². The number of ether oxygens (including phenoxy) is 1. The summed E-state index contributed by atoms with van der Waals surface area (Å²) in [7, 11) is 1.60. The lowest BCUT2D eigenvalue weighted by Gasteiger charge is -2.29. The maximum Gasteiger partial charge on any atom is 0.250 e. The van der Waals surface area contributed by atoms with Crippen LogP contribution in [0.5, 0.6) is 5.75 Å². The van der Waals surface area contributed by atoms with Gasteiger partial charge < -0.3 is 15.4 Å². The first-order valence-electron chi connectivity index (χ1n) is 10.2. The largest absolute Gasteiger partial charge is 0.497 e. The second-order valence-electron chi connectivity index (χ2n) is 8.43. The minimum Gasteiger partial charge on any atom is -0.497 e. The summed E-state index contributed by atoms with van der Waals surface area (Å²) in [5, 5.41) is 9.53. The average molecular weight is 472 g/mol. The first kappa shape index (κ1) is 20.9. The highest BCUT2D eigenvalue weighted by Gasteiger charge is 2.60. The van der Waals surface area contributed by atoms with E-state index >= 15 is 0 Å². The Morgan fingerprint density at radius 2 is 2.00 bits per heavy atom. The Balaban J connectivity index is 1.69. The zero-order valence-corrected chi connectivity index (χ0v) is 18.9. The van der Waals surface area contributed by atoms with Crippen molar-refractivity contribution in [2.75, 3.05) is 17.7 Å². The number of amides is 2. The molecule has 0 aromatic heterocycles. The highest BCUT2D eigenvalue weighted by atomic mass is 79.9. The zero-order chi connectivity index (χ0) is 21.5. The summed E-state index contributed by atoms with van der Waals surface area (Å²) < 4.78 is 6.06. The Bertz CT molecular complexity index is 976. The molecule has 7 heteroatoms. The number of benzene rings is 2. The molecule has 4 rings (SSSR count). The summed E-state index contributed by atoms with van der Waals surface area (Å²) in [5.74, 6) is 0.310. The molecular formula is C23H26BrN3O3. The van der Waals surface area contributed by atoms with E-state index in [0.29, 0.717) is 18.0 Å². The van der Waals surface area contributed by atoms with Gasteiger partial charge in [0.2, 0.25) is 11.8 Å². The van der Waals surface area contributed by atoms with E-state index in [-0.39, 0.29) is 17.9 Å². The van der Waals surface area contributed by atoms with Crippen LogP contribution < -0.4 is 20.7 Å². The second kappa shape index (κ2) is 8.04. The molecular weight excluding hydrogens is 446 g/mol. The van der Waals surface area contributed by atoms with Gasteiger partial charge >= 0.3 is 0 Å². The van der Waals surface area contributed by atoms with E-state index in [0.717, 1.165) is 27.9 Å². The summed E-state index contributed by atoms with van der Waals surface area (Å²) in [4.78, 5) is 26.7. The standard InChI is InChI=1S/C23H26BrN3O3/c1-13(2)10-16-12-19(21(28)25-15-5-7-17(30-3)8-6-15)23(27-16)18-11-14(24)4-9-20(18)26-22(23)29/h4-9,11,13,16,19,27H,10,12H2,1-3H3,(H,25,28)(H,26,29)/t16-,19-,23-/m0/s1. The molecule has 3 N–H and O–H groups in total. The van der Waals surface area contributed by atoms with Gasteiger partial charge in [-0.1, -0.05) is 29.8 Å². The average Bonchev–Trinajstić information content (AvgIpc) is 3.21. The predicted octanol–water partition coefficient (Wildman–Crippen LogP) is 4.27. The third-order valence-corrected chi connectivity index (χ3v) is 6.41. The number of fused-ring (bicyclic) bond motifs is 2. The quantitative estimate of drug-likeness (QED) is 0.608. The van der Waals surface area contributed by atoms with Gasteiger partial charge in [-0.3, -0.25) is 14.9 Å². The van der Waals surface area contributed by atoms with Gasteiger partial charge in [-0.05, 0) is 61.2 Å². The summed E-state index contributed by atoms with van der Waals surface area (Å²) in [5.41, 5.74) is 1.18. The fourth-order valence-electron chi connectivity index (χ4n) is 4.66. The number of nitrogens with one attached hydrogen (secondary N) is 3. The van der Waals surface area contributed by atoms with Crippen molar-refractivity contribution in [2.45, 2.75) is 38.3 Å². The number of hydrogen-bond donors (Lipinski definition) is 3. The molecule has 1 spiro atoms. The fourth-order valence-corrected chi connectivity index (χ4v) is 5.02. The van der Waals surface area contributed by atoms with Crippen LogP contribution in [0.2, 0.25) is 0 Å². The molecule has 2 aromatic rings. The monoisotopic (exact) mass is 471 g/mol. The van der Waals surface area contributed by atoms with E-state index in [1.54, 1.807) is 31.4 Å². The van der Waals surface area contributed by atoms with Gasteiger partial charge in [0.25, 0.3) is 0 Å². The van der Waals surface area contributed by atoms with E-state index in [1.807, 2.05) is 18.2 Å². The lowest BCUT2D eigenvalue weighted by molar-refractivity contribution is -0.130. The predicted molar refractivity (Wildman–Crippen MR) is 121 cm³/mol. The van der Waals surface area contributed by atoms with Crippen LogP contribution in [0.25, 0.3) is 0 Å².